The maximum atomic E-state index is 10.7. The minimum atomic E-state index is -0.0243. The first-order chi connectivity index (χ1) is 13.6. The third kappa shape index (κ3) is 2.21. The smallest absolute Gasteiger partial charge is 0.206 e. The van der Waals surface area contributed by atoms with Crippen LogP contribution in [0.2, 0.25) is 0 Å². The molecule has 0 spiro atoms. The quantitative estimate of drug-likeness (QED) is 0.544. The van der Waals surface area contributed by atoms with E-state index in [1.807, 2.05) is 24.3 Å². The first-order valence-electron chi connectivity index (χ1n) is 9.33. The van der Waals surface area contributed by atoms with Crippen molar-refractivity contribution in [1.29, 1.82) is 0 Å². The van der Waals surface area contributed by atoms with Gasteiger partial charge in [-0.05, 0) is 43.9 Å². The second kappa shape index (κ2) is 5.99. The fourth-order valence-electron chi connectivity index (χ4n) is 4.18. The summed E-state index contributed by atoms with van der Waals surface area (Å²) in [6, 6.07) is 6.99. The number of benzene rings is 1. The van der Waals surface area contributed by atoms with Crippen molar-refractivity contribution in [2.75, 3.05) is 0 Å². The molecule has 142 valence electrons. The van der Waals surface area contributed by atoms with Gasteiger partial charge in [-0.3, -0.25) is 9.13 Å². The molecule has 2 aliphatic rings. The van der Waals surface area contributed by atoms with E-state index in [2.05, 4.69) is 0 Å². The summed E-state index contributed by atoms with van der Waals surface area (Å²) in [5, 5.41) is 42.6. The van der Waals surface area contributed by atoms with Crippen molar-refractivity contribution in [2.24, 2.45) is 0 Å². The number of aromatic hydroxyl groups is 4. The Hall–Kier alpha value is -3.54. The molecule has 28 heavy (non-hydrogen) atoms. The van der Waals surface area contributed by atoms with Gasteiger partial charge in [0.05, 0.1) is 11.4 Å². The fraction of sp³-hybridized carbons (Fsp3) is 0.182. The Morgan fingerprint density at radius 1 is 0.643 bits per heavy atom. The summed E-state index contributed by atoms with van der Waals surface area (Å²) in [4.78, 5) is 0. The van der Waals surface area contributed by atoms with Gasteiger partial charge in [0.1, 0.15) is 0 Å². The van der Waals surface area contributed by atoms with Crippen LogP contribution in [0.3, 0.4) is 0 Å². The number of fused-ring (bicyclic) bond motifs is 2. The Kier molecular flexibility index (Phi) is 3.55. The number of hydrogen-bond acceptors (Lipinski definition) is 4. The summed E-state index contributed by atoms with van der Waals surface area (Å²) >= 11 is 0. The molecular weight excluding hydrogens is 356 g/mol. The maximum absolute atomic E-state index is 10.7. The molecule has 0 unspecified atom stereocenters. The van der Waals surface area contributed by atoms with Crippen LogP contribution < -0.4 is 0 Å². The van der Waals surface area contributed by atoms with E-state index in [-0.39, 0.29) is 23.5 Å². The van der Waals surface area contributed by atoms with Crippen molar-refractivity contribution >= 4 is 12.2 Å². The van der Waals surface area contributed by atoms with Gasteiger partial charge in [0.25, 0.3) is 0 Å². The second-order valence-corrected chi connectivity index (χ2v) is 7.15. The molecule has 2 aliphatic carbocycles. The third-order valence-electron chi connectivity index (χ3n) is 5.56. The minimum Gasteiger partial charge on any atom is -0.494 e. The highest BCUT2D eigenvalue weighted by molar-refractivity contribution is 5.70. The standard InChI is InChI=1S/C22H20N2O4/c25-19-15-8-1-2-9-16(15)20(26)23(19)13-6-5-7-14(12-13)24-21(27)17-10-3-4-11-18(17)22(24)28/h1,3,5-8,10,12,25-28H,2,4,9,11H2. The van der Waals surface area contributed by atoms with Crippen molar-refractivity contribution < 1.29 is 20.4 Å². The minimum absolute atomic E-state index is 0.0113. The van der Waals surface area contributed by atoms with Crippen LogP contribution in [0, 0.1) is 0 Å². The lowest BCUT2D eigenvalue weighted by Crippen LogP contribution is -1.98. The van der Waals surface area contributed by atoms with Gasteiger partial charge >= 0.3 is 0 Å². The molecule has 6 nitrogen and oxygen atoms in total. The number of rotatable bonds is 2. The van der Waals surface area contributed by atoms with Gasteiger partial charge in [-0.15, -0.1) is 0 Å². The van der Waals surface area contributed by atoms with Crippen LogP contribution in [-0.2, 0) is 12.8 Å². The lowest BCUT2D eigenvalue weighted by atomic mass is 10.0. The Balaban J connectivity index is 1.68. The second-order valence-electron chi connectivity index (χ2n) is 7.15. The molecule has 0 saturated carbocycles. The average Bonchev–Trinajstić information content (AvgIpc) is 3.13. The SMILES string of the molecule is Oc1c2c(c(O)n1-c1cccc(-n3c(O)c4c(c3O)CCC=C4)c1)CCC=C2. The van der Waals surface area contributed by atoms with Crippen molar-refractivity contribution in [3.05, 3.63) is 58.7 Å². The first-order valence-corrected chi connectivity index (χ1v) is 9.33. The Morgan fingerprint density at radius 2 is 1.11 bits per heavy atom. The molecule has 0 fully saturated rings. The molecule has 5 rings (SSSR count). The van der Waals surface area contributed by atoms with E-state index in [0.29, 0.717) is 35.3 Å². The topological polar surface area (TPSA) is 90.8 Å². The molecule has 6 heteroatoms. The summed E-state index contributed by atoms with van der Waals surface area (Å²) in [6.07, 6.45) is 10.5. The highest BCUT2D eigenvalue weighted by Crippen LogP contribution is 2.43. The maximum Gasteiger partial charge on any atom is 0.206 e. The van der Waals surface area contributed by atoms with Gasteiger partial charge in [-0.25, -0.2) is 0 Å². The normalized spacial score (nSPS) is 14.9. The van der Waals surface area contributed by atoms with Gasteiger partial charge in [0, 0.05) is 22.3 Å². The molecular formula is C22H20N2O4. The lowest BCUT2D eigenvalue weighted by molar-refractivity contribution is 0.399. The van der Waals surface area contributed by atoms with Crippen LogP contribution in [0.4, 0.5) is 0 Å². The molecule has 3 aromatic rings. The fourth-order valence-corrected chi connectivity index (χ4v) is 4.18. The van der Waals surface area contributed by atoms with Crippen molar-refractivity contribution in [3.8, 4) is 34.9 Å². The molecule has 0 atom stereocenters. The predicted molar refractivity (Wildman–Crippen MR) is 106 cm³/mol. The van der Waals surface area contributed by atoms with Crippen molar-refractivity contribution in [3.63, 3.8) is 0 Å². The highest BCUT2D eigenvalue weighted by Gasteiger charge is 2.25. The molecule has 1 aromatic carbocycles. The lowest BCUT2D eigenvalue weighted by Gasteiger charge is -2.12. The van der Waals surface area contributed by atoms with E-state index in [0.717, 1.165) is 24.0 Å². The number of allylic oxidation sites excluding steroid dienone is 2. The molecule has 0 amide bonds. The summed E-state index contributed by atoms with van der Waals surface area (Å²) in [5.41, 5.74) is 3.77. The van der Waals surface area contributed by atoms with E-state index in [4.69, 9.17) is 0 Å². The van der Waals surface area contributed by atoms with Gasteiger partial charge in [-0.2, -0.15) is 0 Å². The molecule has 0 saturated heterocycles. The molecule has 2 aromatic heterocycles. The monoisotopic (exact) mass is 376 g/mol. The number of nitrogens with zero attached hydrogens (tertiary/aromatic N) is 2. The summed E-state index contributed by atoms with van der Waals surface area (Å²) in [6.45, 7) is 0. The van der Waals surface area contributed by atoms with E-state index in [1.165, 1.54) is 9.13 Å². The first kappa shape index (κ1) is 16.6. The Morgan fingerprint density at radius 3 is 1.54 bits per heavy atom. The highest BCUT2D eigenvalue weighted by atomic mass is 16.3. The van der Waals surface area contributed by atoms with Crippen LogP contribution in [0.25, 0.3) is 23.5 Å². The predicted octanol–water partition coefficient (Wildman–Crippen LogP) is 4.01. The Labute approximate surface area is 161 Å². The summed E-state index contributed by atoms with van der Waals surface area (Å²) in [5.74, 6) is -0.0260. The van der Waals surface area contributed by atoms with Crippen LogP contribution in [0.15, 0.2) is 36.4 Å². The molecule has 0 aliphatic heterocycles. The van der Waals surface area contributed by atoms with E-state index in [1.54, 1.807) is 24.3 Å². The zero-order valence-electron chi connectivity index (χ0n) is 15.1. The zero-order chi connectivity index (χ0) is 19.4. The summed E-state index contributed by atoms with van der Waals surface area (Å²) < 4.78 is 2.78. The van der Waals surface area contributed by atoms with Gasteiger partial charge < -0.3 is 20.4 Å². The van der Waals surface area contributed by atoms with E-state index in [9.17, 15) is 20.4 Å². The molecule has 0 bridgehead atoms. The van der Waals surface area contributed by atoms with E-state index >= 15 is 0 Å². The van der Waals surface area contributed by atoms with Crippen LogP contribution >= 0.6 is 0 Å². The number of aromatic nitrogens is 2. The molecule has 2 heterocycles. The third-order valence-corrected chi connectivity index (χ3v) is 5.56. The van der Waals surface area contributed by atoms with Gasteiger partial charge in [-0.1, -0.05) is 30.4 Å². The molecule has 0 radical (unpaired) electrons. The Bertz CT molecular complexity index is 1080. The van der Waals surface area contributed by atoms with Crippen LogP contribution in [0.1, 0.15) is 35.1 Å². The largest absolute Gasteiger partial charge is 0.494 e. The van der Waals surface area contributed by atoms with Crippen LogP contribution in [-0.4, -0.2) is 29.6 Å². The van der Waals surface area contributed by atoms with Gasteiger partial charge in [0.2, 0.25) is 23.5 Å². The van der Waals surface area contributed by atoms with Crippen LogP contribution in [0.5, 0.6) is 23.5 Å². The van der Waals surface area contributed by atoms with Gasteiger partial charge in [0.15, 0.2) is 0 Å². The van der Waals surface area contributed by atoms with E-state index < -0.39 is 0 Å². The number of hydrogen-bond donors (Lipinski definition) is 4. The zero-order valence-corrected chi connectivity index (χ0v) is 15.1. The average molecular weight is 376 g/mol. The van der Waals surface area contributed by atoms with Crippen molar-refractivity contribution in [1.82, 2.24) is 9.13 Å². The molecule has 4 N–H and O–H groups in total. The van der Waals surface area contributed by atoms with Crippen molar-refractivity contribution in [2.45, 2.75) is 25.7 Å². The summed E-state index contributed by atoms with van der Waals surface area (Å²) in [7, 11) is 0.